The number of carbonyl (C=O) groups excluding carboxylic acids is 2. The van der Waals surface area contributed by atoms with E-state index < -0.39 is 6.04 Å². The maximum atomic E-state index is 13.4. The third kappa shape index (κ3) is 6.16. The first-order valence-corrected chi connectivity index (χ1v) is 12.6. The Morgan fingerprint density at radius 1 is 1.06 bits per heavy atom. The highest BCUT2D eigenvalue weighted by atomic mass is 35.5. The quantitative estimate of drug-likeness (QED) is 0.538. The Balaban J connectivity index is 1.47. The Labute approximate surface area is 210 Å². The second-order valence-corrected chi connectivity index (χ2v) is 9.74. The predicted molar refractivity (Wildman–Crippen MR) is 133 cm³/mol. The molecule has 1 aliphatic heterocycles. The van der Waals surface area contributed by atoms with Crippen molar-refractivity contribution in [3.63, 3.8) is 0 Å². The second kappa shape index (κ2) is 11.3. The van der Waals surface area contributed by atoms with E-state index in [2.05, 4.69) is 5.32 Å². The molecule has 0 spiro atoms. The predicted octanol–water partition coefficient (Wildman–Crippen LogP) is 5.17. The van der Waals surface area contributed by atoms with Crippen molar-refractivity contribution in [1.29, 1.82) is 0 Å². The molecule has 1 N–H and O–H groups in total. The van der Waals surface area contributed by atoms with E-state index in [1.54, 1.807) is 30.0 Å². The van der Waals surface area contributed by atoms with Gasteiger partial charge in [0, 0.05) is 29.1 Å². The summed E-state index contributed by atoms with van der Waals surface area (Å²) in [5, 5.41) is 4.11. The number of halogens is 2. The lowest BCUT2D eigenvalue weighted by molar-refractivity contribution is -0.140. The maximum absolute atomic E-state index is 13.4. The monoisotopic (exact) mass is 504 g/mol. The van der Waals surface area contributed by atoms with E-state index in [9.17, 15) is 9.59 Å². The summed E-state index contributed by atoms with van der Waals surface area (Å²) in [7, 11) is 0. The number of carbonyl (C=O) groups is 2. The van der Waals surface area contributed by atoms with Crippen LogP contribution in [0.2, 0.25) is 10.0 Å². The van der Waals surface area contributed by atoms with Crippen LogP contribution in [0.25, 0.3) is 0 Å². The number of hydrogen-bond donors (Lipinski definition) is 1. The zero-order valence-electron chi connectivity index (χ0n) is 19.3. The molecule has 1 heterocycles. The van der Waals surface area contributed by atoms with Crippen LogP contribution in [0.5, 0.6) is 11.5 Å². The van der Waals surface area contributed by atoms with Crippen LogP contribution in [-0.4, -0.2) is 42.0 Å². The third-order valence-corrected chi connectivity index (χ3v) is 7.05. The average molecular weight is 505 g/mol. The van der Waals surface area contributed by atoms with Crippen molar-refractivity contribution in [3.8, 4) is 11.5 Å². The number of hydrogen-bond acceptors (Lipinski definition) is 4. The Kier molecular flexibility index (Phi) is 8.22. The molecule has 1 aliphatic carbocycles. The Morgan fingerprint density at radius 3 is 2.53 bits per heavy atom. The molecule has 0 radical (unpaired) electrons. The largest absolute Gasteiger partial charge is 0.486 e. The standard InChI is InChI=1S/C26H30Cl2N2O4/c1-17(26(32)29-21-4-2-3-5-21)30(16-19-8-9-20(27)15-22(19)28)25(31)11-7-18-6-10-23-24(14-18)34-13-12-33-23/h6,8-10,14-15,17,21H,2-5,7,11-13,16H2,1H3,(H,29,32). The zero-order valence-corrected chi connectivity index (χ0v) is 20.8. The van der Waals surface area contributed by atoms with E-state index in [1.165, 1.54) is 0 Å². The van der Waals surface area contributed by atoms with Gasteiger partial charge in [0.2, 0.25) is 11.8 Å². The molecule has 1 fully saturated rings. The van der Waals surface area contributed by atoms with Gasteiger partial charge in [0.25, 0.3) is 0 Å². The number of benzene rings is 2. The minimum atomic E-state index is -0.625. The molecule has 2 amide bonds. The Morgan fingerprint density at radius 2 is 1.79 bits per heavy atom. The van der Waals surface area contributed by atoms with Gasteiger partial charge in [-0.25, -0.2) is 0 Å². The van der Waals surface area contributed by atoms with E-state index in [-0.39, 0.29) is 30.8 Å². The first-order chi connectivity index (χ1) is 16.4. The van der Waals surface area contributed by atoms with Crippen LogP contribution in [0.15, 0.2) is 36.4 Å². The van der Waals surface area contributed by atoms with Crippen LogP contribution in [0.3, 0.4) is 0 Å². The normalized spacial score (nSPS) is 16.2. The molecule has 0 aromatic heterocycles. The fraction of sp³-hybridized carbons (Fsp3) is 0.462. The van der Waals surface area contributed by atoms with Crippen LogP contribution in [0.1, 0.15) is 50.2 Å². The number of fused-ring (bicyclic) bond motifs is 1. The molecule has 4 rings (SSSR count). The molecule has 1 unspecified atom stereocenters. The van der Waals surface area contributed by atoms with Crippen molar-refractivity contribution in [2.45, 2.75) is 64.1 Å². The number of amides is 2. The summed E-state index contributed by atoms with van der Waals surface area (Å²) >= 11 is 12.4. The molecule has 1 atom stereocenters. The van der Waals surface area contributed by atoms with Gasteiger partial charge in [-0.3, -0.25) is 9.59 Å². The Bertz CT molecular complexity index is 1040. The van der Waals surface area contributed by atoms with Crippen LogP contribution < -0.4 is 14.8 Å². The number of aryl methyl sites for hydroxylation is 1. The van der Waals surface area contributed by atoms with E-state index in [0.717, 1.165) is 42.6 Å². The summed E-state index contributed by atoms with van der Waals surface area (Å²) in [5.74, 6) is 1.17. The molecule has 2 aliphatic rings. The molecule has 2 aromatic rings. The summed E-state index contributed by atoms with van der Waals surface area (Å²) in [4.78, 5) is 28.0. The SMILES string of the molecule is CC(C(=O)NC1CCCC1)N(Cc1ccc(Cl)cc1Cl)C(=O)CCc1ccc2c(c1)OCCO2. The minimum Gasteiger partial charge on any atom is -0.486 e. The van der Waals surface area contributed by atoms with Gasteiger partial charge >= 0.3 is 0 Å². The van der Waals surface area contributed by atoms with E-state index >= 15 is 0 Å². The molecule has 6 nitrogen and oxygen atoms in total. The van der Waals surface area contributed by atoms with E-state index in [4.69, 9.17) is 32.7 Å². The van der Waals surface area contributed by atoms with Crippen LogP contribution in [-0.2, 0) is 22.6 Å². The molecule has 182 valence electrons. The topological polar surface area (TPSA) is 67.9 Å². The zero-order chi connectivity index (χ0) is 24.1. The average Bonchev–Trinajstić information content (AvgIpc) is 3.34. The van der Waals surface area contributed by atoms with Gasteiger partial charge in [-0.1, -0.05) is 48.2 Å². The van der Waals surface area contributed by atoms with Gasteiger partial charge in [-0.05, 0) is 61.6 Å². The smallest absolute Gasteiger partial charge is 0.242 e. The molecule has 34 heavy (non-hydrogen) atoms. The van der Waals surface area contributed by atoms with Gasteiger partial charge < -0.3 is 19.7 Å². The first-order valence-electron chi connectivity index (χ1n) is 11.8. The summed E-state index contributed by atoms with van der Waals surface area (Å²) in [6, 6.07) is 10.5. The fourth-order valence-electron chi connectivity index (χ4n) is 4.45. The summed E-state index contributed by atoms with van der Waals surface area (Å²) < 4.78 is 11.2. The lowest BCUT2D eigenvalue weighted by Crippen LogP contribution is -2.49. The minimum absolute atomic E-state index is 0.116. The van der Waals surface area contributed by atoms with E-state index in [1.807, 2.05) is 18.2 Å². The van der Waals surface area contributed by atoms with Gasteiger partial charge in [0.05, 0.1) is 0 Å². The van der Waals surface area contributed by atoms with Crippen LogP contribution in [0.4, 0.5) is 0 Å². The number of nitrogens with zero attached hydrogens (tertiary/aromatic N) is 1. The van der Waals surface area contributed by atoms with Crippen molar-refractivity contribution in [2.24, 2.45) is 0 Å². The first kappa shape index (κ1) is 24.7. The molecule has 2 aromatic carbocycles. The van der Waals surface area contributed by atoms with Gasteiger partial charge in [0.1, 0.15) is 19.3 Å². The van der Waals surface area contributed by atoms with Crippen molar-refractivity contribution in [1.82, 2.24) is 10.2 Å². The molecule has 1 saturated carbocycles. The number of nitrogens with one attached hydrogen (secondary N) is 1. The molecule has 0 bridgehead atoms. The molecule has 8 heteroatoms. The highest BCUT2D eigenvalue weighted by molar-refractivity contribution is 6.35. The lowest BCUT2D eigenvalue weighted by Gasteiger charge is -2.30. The van der Waals surface area contributed by atoms with Crippen LogP contribution in [0, 0.1) is 0 Å². The lowest BCUT2D eigenvalue weighted by atomic mass is 10.1. The summed E-state index contributed by atoms with van der Waals surface area (Å²) in [6.07, 6.45) is 5.00. The van der Waals surface area contributed by atoms with Crippen molar-refractivity contribution in [2.75, 3.05) is 13.2 Å². The van der Waals surface area contributed by atoms with E-state index in [0.29, 0.717) is 35.4 Å². The summed E-state index contributed by atoms with van der Waals surface area (Å²) in [6.45, 7) is 3.05. The second-order valence-electron chi connectivity index (χ2n) is 8.90. The van der Waals surface area contributed by atoms with Crippen molar-refractivity contribution >= 4 is 35.0 Å². The van der Waals surface area contributed by atoms with Gasteiger partial charge in [-0.2, -0.15) is 0 Å². The highest BCUT2D eigenvalue weighted by Crippen LogP contribution is 2.31. The molecular formula is C26H30Cl2N2O4. The van der Waals surface area contributed by atoms with Crippen molar-refractivity contribution in [3.05, 3.63) is 57.6 Å². The van der Waals surface area contributed by atoms with Gasteiger partial charge in [0.15, 0.2) is 11.5 Å². The number of rotatable bonds is 8. The fourth-order valence-corrected chi connectivity index (χ4v) is 4.91. The number of ether oxygens (including phenoxy) is 2. The van der Waals surface area contributed by atoms with Crippen LogP contribution >= 0.6 is 23.2 Å². The molecule has 0 saturated heterocycles. The Hall–Kier alpha value is -2.44. The summed E-state index contributed by atoms with van der Waals surface area (Å²) in [5.41, 5.74) is 1.73. The van der Waals surface area contributed by atoms with Gasteiger partial charge in [-0.15, -0.1) is 0 Å². The maximum Gasteiger partial charge on any atom is 0.242 e. The van der Waals surface area contributed by atoms with Crippen molar-refractivity contribution < 1.29 is 19.1 Å². The third-order valence-electron chi connectivity index (χ3n) is 6.46. The highest BCUT2D eigenvalue weighted by Gasteiger charge is 2.29. The molecular weight excluding hydrogens is 475 g/mol.